The van der Waals surface area contributed by atoms with Gasteiger partial charge in [-0.15, -0.1) is 22.7 Å². The van der Waals surface area contributed by atoms with Gasteiger partial charge in [0.05, 0.1) is 10.7 Å². The molecule has 4 rings (SSSR count). The number of carbonyl (C=O) groups is 1. The summed E-state index contributed by atoms with van der Waals surface area (Å²) in [6.45, 7) is 0. The topological polar surface area (TPSA) is 42.0 Å². The summed E-state index contributed by atoms with van der Waals surface area (Å²) in [7, 11) is 0. The summed E-state index contributed by atoms with van der Waals surface area (Å²) < 4.78 is 2.17. The number of rotatable bonds is 3. The van der Waals surface area contributed by atoms with Gasteiger partial charge < -0.3 is 0 Å². The predicted molar refractivity (Wildman–Crippen MR) is 115 cm³/mol. The Bertz CT molecular complexity index is 1070. The quantitative estimate of drug-likeness (QED) is 0.327. The van der Waals surface area contributed by atoms with E-state index in [9.17, 15) is 4.79 Å². The molecular weight excluding hydrogens is 487 g/mol. The van der Waals surface area contributed by atoms with Crippen LogP contribution in [0, 0.1) is 3.57 Å². The average Bonchev–Trinajstić information content (AvgIpc) is 3.21. The van der Waals surface area contributed by atoms with Gasteiger partial charge in [0.25, 0.3) is 5.91 Å². The van der Waals surface area contributed by atoms with Crippen molar-refractivity contribution in [2.24, 2.45) is 0 Å². The molecule has 0 saturated carbocycles. The Morgan fingerprint density at radius 3 is 2.64 bits per heavy atom. The number of thiophene rings is 1. The number of carbonyl (C=O) groups excluding carboxylic acids is 1. The molecule has 2 heterocycles. The molecule has 2 aromatic carbocycles. The molecule has 0 radical (unpaired) electrons. The van der Waals surface area contributed by atoms with Crippen LogP contribution in [0.25, 0.3) is 21.3 Å². The summed E-state index contributed by atoms with van der Waals surface area (Å²) in [6, 6.07) is 15.8. The molecule has 0 spiro atoms. The van der Waals surface area contributed by atoms with Crippen molar-refractivity contribution < 1.29 is 4.79 Å². The maximum Gasteiger partial charge on any atom is 0.269 e. The van der Waals surface area contributed by atoms with Gasteiger partial charge in [0.1, 0.15) is 4.88 Å². The molecule has 124 valence electrons. The maximum absolute atomic E-state index is 12.6. The Kier molecular flexibility index (Phi) is 4.77. The third-order valence-electron chi connectivity index (χ3n) is 3.61. The number of nitrogens with zero attached hydrogens (tertiary/aromatic N) is 1. The number of fused-ring (bicyclic) bond motifs is 1. The first-order valence-corrected chi connectivity index (χ1v) is 10.5. The van der Waals surface area contributed by atoms with E-state index in [2.05, 4.69) is 32.9 Å². The number of halogens is 2. The van der Waals surface area contributed by atoms with Gasteiger partial charge >= 0.3 is 0 Å². The van der Waals surface area contributed by atoms with Gasteiger partial charge in [-0.25, -0.2) is 4.98 Å². The smallest absolute Gasteiger partial charge is 0.269 e. The number of nitrogens with one attached hydrogen (secondary N) is 1. The zero-order valence-corrected chi connectivity index (χ0v) is 17.2. The molecule has 0 fully saturated rings. The Labute approximate surface area is 170 Å². The second-order valence-electron chi connectivity index (χ2n) is 5.24. The number of aromatic nitrogens is 1. The van der Waals surface area contributed by atoms with Crippen molar-refractivity contribution >= 4 is 78.0 Å². The van der Waals surface area contributed by atoms with Gasteiger partial charge in [-0.3, -0.25) is 10.1 Å². The molecule has 0 aliphatic heterocycles. The molecule has 1 N–H and O–H groups in total. The fourth-order valence-corrected chi connectivity index (χ4v) is 4.88. The van der Waals surface area contributed by atoms with Crippen LogP contribution in [0.3, 0.4) is 0 Å². The second-order valence-corrected chi connectivity index (χ2v) is 8.77. The molecular formula is C18H10ClIN2OS2. The highest BCUT2D eigenvalue weighted by atomic mass is 127. The zero-order valence-electron chi connectivity index (χ0n) is 12.6. The fourth-order valence-electron chi connectivity index (χ4n) is 2.40. The highest BCUT2D eigenvalue weighted by Gasteiger charge is 2.18. The third-order valence-corrected chi connectivity index (χ3v) is 6.76. The van der Waals surface area contributed by atoms with Crippen molar-refractivity contribution in [1.29, 1.82) is 0 Å². The SMILES string of the molecule is O=C(Nc1nc(-c2ccc(I)cc2)cs1)c1sc2ccccc2c1Cl. The van der Waals surface area contributed by atoms with Crippen LogP contribution in [0.1, 0.15) is 9.67 Å². The van der Waals surface area contributed by atoms with Crippen LogP contribution >= 0.6 is 56.9 Å². The largest absolute Gasteiger partial charge is 0.297 e. The summed E-state index contributed by atoms with van der Waals surface area (Å²) >= 11 is 11.4. The summed E-state index contributed by atoms with van der Waals surface area (Å²) in [5.74, 6) is -0.227. The molecule has 2 aromatic heterocycles. The van der Waals surface area contributed by atoms with E-state index < -0.39 is 0 Å². The molecule has 25 heavy (non-hydrogen) atoms. The number of thiazole rings is 1. The van der Waals surface area contributed by atoms with E-state index in [4.69, 9.17) is 11.6 Å². The molecule has 0 bridgehead atoms. The van der Waals surface area contributed by atoms with Crippen LogP contribution in [-0.4, -0.2) is 10.9 Å². The van der Waals surface area contributed by atoms with E-state index in [1.807, 2.05) is 53.9 Å². The number of hydrogen-bond acceptors (Lipinski definition) is 4. The van der Waals surface area contributed by atoms with E-state index in [1.54, 1.807) is 0 Å². The zero-order chi connectivity index (χ0) is 17.4. The van der Waals surface area contributed by atoms with E-state index >= 15 is 0 Å². The molecule has 3 nitrogen and oxygen atoms in total. The minimum Gasteiger partial charge on any atom is -0.297 e. The summed E-state index contributed by atoms with van der Waals surface area (Å²) in [4.78, 5) is 17.6. The van der Waals surface area contributed by atoms with E-state index in [0.717, 1.165) is 21.3 Å². The lowest BCUT2D eigenvalue weighted by molar-refractivity contribution is 0.103. The van der Waals surface area contributed by atoms with Gasteiger partial charge in [0.2, 0.25) is 0 Å². The van der Waals surface area contributed by atoms with Crippen molar-refractivity contribution in [3.8, 4) is 11.3 Å². The first-order chi connectivity index (χ1) is 12.1. The van der Waals surface area contributed by atoms with Gasteiger partial charge in [0.15, 0.2) is 5.13 Å². The normalized spacial score (nSPS) is 11.0. The molecule has 0 saturated heterocycles. The van der Waals surface area contributed by atoms with Crippen LogP contribution in [0.15, 0.2) is 53.9 Å². The Morgan fingerprint density at radius 1 is 1.12 bits per heavy atom. The number of amides is 1. The molecule has 0 atom stereocenters. The summed E-state index contributed by atoms with van der Waals surface area (Å²) in [5, 5.41) is 6.75. The summed E-state index contributed by atoms with van der Waals surface area (Å²) in [6.07, 6.45) is 0. The molecule has 0 aliphatic carbocycles. The van der Waals surface area contributed by atoms with Crippen LogP contribution < -0.4 is 5.32 Å². The van der Waals surface area contributed by atoms with Gasteiger partial charge in [0, 0.05) is 24.6 Å². The third kappa shape index (κ3) is 3.44. The van der Waals surface area contributed by atoms with Crippen molar-refractivity contribution in [2.45, 2.75) is 0 Å². The highest BCUT2D eigenvalue weighted by molar-refractivity contribution is 14.1. The fraction of sp³-hybridized carbons (Fsp3) is 0. The number of benzene rings is 2. The van der Waals surface area contributed by atoms with Gasteiger partial charge in [-0.1, -0.05) is 41.9 Å². The molecule has 0 unspecified atom stereocenters. The summed E-state index contributed by atoms with van der Waals surface area (Å²) in [5.41, 5.74) is 1.87. The molecule has 4 aromatic rings. The van der Waals surface area contributed by atoms with Gasteiger partial charge in [-0.2, -0.15) is 0 Å². The minimum absolute atomic E-state index is 0.227. The molecule has 7 heteroatoms. The Hall–Kier alpha value is -1.48. The van der Waals surface area contributed by atoms with E-state index in [1.165, 1.54) is 26.2 Å². The van der Waals surface area contributed by atoms with Crippen LogP contribution in [0.4, 0.5) is 5.13 Å². The lowest BCUT2D eigenvalue weighted by atomic mass is 10.2. The molecule has 1 amide bonds. The van der Waals surface area contributed by atoms with Crippen molar-refractivity contribution in [2.75, 3.05) is 5.32 Å². The van der Waals surface area contributed by atoms with E-state index in [-0.39, 0.29) is 5.91 Å². The monoisotopic (exact) mass is 496 g/mol. The number of anilines is 1. The van der Waals surface area contributed by atoms with Crippen molar-refractivity contribution in [1.82, 2.24) is 4.98 Å². The van der Waals surface area contributed by atoms with Crippen molar-refractivity contribution in [3.63, 3.8) is 0 Å². The predicted octanol–water partition coefficient (Wildman–Crippen LogP) is 6.54. The Balaban J connectivity index is 1.58. The lowest BCUT2D eigenvalue weighted by Gasteiger charge is -2.00. The number of hydrogen-bond donors (Lipinski definition) is 1. The average molecular weight is 497 g/mol. The maximum atomic E-state index is 12.6. The second kappa shape index (κ2) is 7.03. The first kappa shape index (κ1) is 17.0. The van der Waals surface area contributed by atoms with Gasteiger partial charge in [-0.05, 0) is 40.8 Å². The van der Waals surface area contributed by atoms with E-state index in [0.29, 0.717) is 15.0 Å². The minimum atomic E-state index is -0.227. The van der Waals surface area contributed by atoms with Crippen LogP contribution in [-0.2, 0) is 0 Å². The first-order valence-electron chi connectivity index (χ1n) is 7.31. The lowest BCUT2D eigenvalue weighted by Crippen LogP contribution is -2.10. The Morgan fingerprint density at radius 2 is 1.88 bits per heavy atom. The van der Waals surface area contributed by atoms with Crippen molar-refractivity contribution in [3.05, 3.63) is 67.4 Å². The molecule has 0 aliphatic rings. The highest BCUT2D eigenvalue weighted by Crippen LogP contribution is 2.36. The van der Waals surface area contributed by atoms with Crippen LogP contribution in [0.2, 0.25) is 5.02 Å². The van der Waals surface area contributed by atoms with Crippen LogP contribution in [0.5, 0.6) is 0 Å². The standard InChI is InChI=1S/C18H10ClIN2OS2/c19-15-12-3-1-2-4-14(12)25-16(15)17(23)22-18-21-13(9-24-18)10-5-7-11(20)8-6-10/h1-9H,(H,21,22,23).